The summed E-state index contributed by atoms with van der Waals surface area (Å²) in [4.78, 5) is 39.4. The first kappa shape index (κ1) is 25.6. The number of hydrogen-bond acceptors (Lipinski definition) is 7. The zero-order valence-electron chi connectivity index (χ0n) is 18.6. The number of ether oxygens (including phenoxy) is 2. The Morgan fingerprint density at radius 2 is 1.91 bits per heavy atom. The van der Waals surface area contributed by atoms with Crippen molar-refractivity contribution in [3.05, 3.63) is 46.5 Å². The van der Waals surface area contributed by atoms with Gasteiger partial charge in [-0.3, -0.25) is 9.59 Å². The lowest BCUT2D eigenvalue weighted by molar-refractivity contribution is -0.217. The molecular weight excluding hydrogens is 494 g/mol. The summed E-state index contributed by atoms with van der Waals surface area (Å²) >= 11 is 3.23. The number of halogens is 1. The van der Waals surface area contributed by atoms with Crippen LogP contribution >= 0.6 is 15.9 Å². The summed E-state index contributed by atoms with van der Waals surface area (Å²) in [7, 11) is 0. The molecule has 0 radical (unpaired) electrons. The van der Waals surface area contributed by atoms with Crippen LogP contribution in [0.5, 0.6) is 0 Å². The molecule has 0 aliphatic carbocycles. The van der Waals surface area contributed by atoms with E-state index < -0.39 is 41.6 Å². The van der Waals surface area contributed by atoms with E-state index >= 15 is 0 Å². The molecule has 1 aromatic rings. The molecule has 9 heteroatoms. The number of aliphatic hydroxyl groups is 2. The van der Waals surface area contributed by atoms with Gasteiger partial charge in [0.05, 0.1) is 16.4 Å². The van der Waals surface area contributed by atoms with Crippen molar-refractivity contribution in [1.29, 1.82) is 0 Å². The third-order valence-electron chi connectivity index (χ3n) is 6.02. The average molecular weight is 524 g/mol. The predicted octanol–water partition coefficient (Wildman–Crippen LogP) is 3.09. The molecule has 1 saturated heterocycles. The Balaban J connectivity index is 1.70. The van der Waals surface area contributed by atoms with Gasteiger partial charge in [0.15, 0.2) is 11.6 Å². The second-order valence-electron chi connectivity index (χ2n) is 8.52. The van der Waals surface area contributed by atoms with Gasteiger partial charge >= 0.3 is 6.09 Å². The first-order valence-electron chi connectivity index (χ1n) is 11.2. The van der Waals surface area contributed by atoms with E-state index in [0.717, 1.165) is 23.3 Å². The van der Waals surface area contributed by atoms with E-state index in [0.29, 0.717) is 19.3 Å². The van der Waals surface area contributed by atoms with Gasteiger partial charge in [-0.1, -0.05) is 50.1 Å². The van der Waals surface area contributed by atoms with E-state index in [2.05, 4.69) is 15.9 Å². The van der Waals surface area contributed by atoms with Crippen molar-refractivity contribution in [2.75, 3.05) is 13.2 Å². The minimum absolute atomic E-state index is 0.0783. The molecule has 8 nitrogen and oxygen atoms in total. The Morgan fingerprint density at radius 3 is 2.61 bits per heavy atom. The Hall–Kier alpha value is -2.07. The predicted molar refractivity (Wildman–Crippen MR) is 123 cm³/mol. The van der Waals surface area contributed by atoms with E-state index in [-0.39, 0.29) is 24.1 Å². The van der Waals surface area contributed by atoms with Crippen molar-refractivity contribution in [1.82, 2.24) is 4.90 Å². The van der Waals surface area contributed by atoms with Crippen molar-refractivity contribution in [3.63, 3.8) is 0 Å². The smallest absolute Gasteiger partial charge is 0.416 e. The average Bonchev–Trinajstić information content (AvgIpc) is 3.16. The maximum atomic E-state index is 13.3. The Morgan fingerprint density at radius 1 is 1.21 bits per heavy atom. The van der Waals surface area contributed by atoms with Gasteiger partial charge in [0.1, 0.15) is 12.7 Å². The summed E-state index contributed by atoms with van der Waals surface area (Å²) < 4.78 is 11.1. The Labute approximate surface area is 201 Å². The molecule has 2 amide bonds. The van der Waals surface area contributed by atoms with E-state index in [4.69, 9.17) is 14.6 Å². The van der Waals surface area contributed by atoms with Crippen LogP contribution in [-0.4, -0.2) is 64.0 Å². The maximum absolute atomic E-state index is 13.3. The number of benzene rings is 1. The highest BCUT2D eigenvalue weighted by Crippen LogP contribution is 2.37. The Bertz CT molecular complexity index is 890. The van der Waals surface area contributed by atoms with Crippen LogP contribution in [0.15, 0.2) is 40.9 Å². The first-order valence-corrected chi connectivity index (χ1v) is 12.0. The molecule has 2 aliphatic heterocycles. The van der Waals surface area contributed by atoms with Crippen LogP contribution in [0.4, 0.5) is 4.79 Å². The molecule has 2 aliphatic rings. The molecule has 3 rings (SSSR count). The van der Waals surface area contributed by atoms with Crippen molar-refractivity contribution < 1.29 is 34.1 Å². The van der Waals surface area contributed by atoms with Gasteiger partial charge in [-0.25, -0.2) is 9.69 Å². The highest BCUT2D eigenvalue weighted by atomic mass is 79.9. The fourth-order valence-electron chi connectivity index (χ4n) is 4.12. The zero-order chi connectivity index (χ0) is 24.0. The van der Waals surface area contributed by atoms with Crippen molar-refractivity contribution in [2.24, 2.45) is 5.92 Å². The lowest BCUT2D eigenvalue weighted by Gasteiger charge is -2.37. The second kappa shape index (κ2) is 11.4. The van der Waals surface area contributed by atoms with Crippen LogP contribution in [0.1, 0.15) is 44.6 Å². The van der Waals surface area contributed by atoms with Gasteiger partial charge in [0.25, 0.3) is 0 Å². The molecule has 0 saturated carbocycles. The van der Waals surface area contributed by atoms with Crippen LogP contribution in [0.25, 0.3) is 0 Å². The number of aliphatic hydroxyl groups excluding tert-OH is 1. The highest BCUT2D eigenvalue weighted by molar-refractivity contribution is 9.11. The topological polar surface area (TPSA) is 113 Å². The fraction of sp³-hybridized carbons (Fsp3) is 0.542. The summed E-state index contributed by atoms with van der Waals surface area (Å²) in [6.07, 6.45) is 2.81. The Kier molecular flexibility index (Phi) is 8.81. The lowest BCUT2D eigenvalue weighted by atomic mass is 9.93. The number of cyclic esters (lactones) is 1. The van der Waals surface area contributed by atoms with Crippen molar-refractivity contribution in [3.8, 4) is 0 Å². The van der Waals surface area contributed by atoms with E-state index in [1.54, 1.807) is 0 Å². The maximum Gasteiger partial charge on any atom is 0.416 e. The van der Waals surface area contributed by atoms with Gasteiger partial charge < -0.3 is 19.7 Å². The van der Waals surface area contributed by atoms with E-state index in [1.165, 1.54) is 13.0 Å². The third kappa shape index (κ3) is 6.09. The lowest BCUT2D eigenvalue weighted by Crippen LogP contribution is -2.52. The van der Waals surface area contributed by atoms with Crippen LogP contribution in [0.3, 0.4) is 0 Å². The summed E-state index contributed by atoms with van der Waals surface area (Å²) in [5.41, 5.74) is 0.957. The van der Waals surface area contributed by atoms with E-state index in [1.807, 2.05) is 30.3 Å². The molecule has 2 heterocycles. The molecule has 4 atom stereocenters. The van der Waals surface area contributed by atoms with E-state index in [9.17, 15) is 19.5 Å². The molecule has 1 aromatic carbocycles. The molecule has 180 valence electrons. The summed E-state index contributed by atoms with van der Waals surface area (Å²) in [5, 5.41) is 19.9. The van der Waals surface area contributed by atoms with Gasteiger partial charge in [0, 0.05) is 13.0 Å². The first-order chi connectivity index (χ1) is 15.8. The quantitative estimate of drug-likeness (QED) is 0.453. The number of rotatable bonds is 10. The molecule has 0 unspecified atom stereocenters. The second-order valence-corrected chi connectivity index (χ2v) is 9.38. The molecule has 33 heavy (non-hydrogen) atoms. The number of imide groups is 1. The van der Waals surface area contributed by atoms with Crippen LogP contribution < -0.4 is 0 Å². The van der Waals surface area contributed by atoms with Crippen molar-refractivity contribution >= 4 is 33.7 Å². The fourth-order valence-corrected chi connectivity index (χ4v) is 4.63. The number of carbonyl (C=O) groups is 3. The summed E-state index contributed by atoms with van der Waals surface area (Å²) in [6, 6.07) is 8.98. The third-order valence-corrected chi connectivity index (χ3v) is 6.87. The standard InChI is InChI=1S/C24H30BrNO7/c1-16(21-19(28)14-20(25)24(31,33-21)11-7-2-3-8-12-27)22(29)26-18(15-32-23(26)30)13-17-9-5-4-6-10-17/h4-6,9-10,14,16,18,21,27,31H,2-3,7-8,11-13,15H2,1H3/t16-,18-,21-,24+/m1/s1. The van der Waals surface area contributed by atoms with Gasteiger partial charge in [0.2, 0.25) is 5.91 Å². The number of nitrogens with zero attached hydrogens (tertiary/aromatic N) is 1. The van der Waals surface area contributed by atoms with Crippen molar-refractivity contribution in [2.45, 2.75) is 63.4 Å². The minimum Gasteiger partial charge on any atom is -0.447 e. The molecule has 0 aromatic heterocycles. The van der Waals surface area contributed by atoms with Gasteiger partial charge in [-0.15, -0.1) is 0 Å². The molecule has 0 spiro atoms. The molecular formula is C24H30BrNO7. The van der Waals surface area contributed by atoms with Gasteiger partial charge in [-0.05, 0) is 46.8 Å². The number of hydrogen-bond donors (Lipinski definition) is 2. The normalized spacial score (nSPS) is 26.2. The van der Waals surface area contributed by atoms with Crippen LogP contribution in [0, 0.1) is 5.92 Å². The summed E-state index contributed by atoms with van der Waals surface area (Å²) in [5.74, 6) is -3.77. The SMILES string of the molecule is C[C@@H](C(=O)N1C(=O)OC[C@H]1Cc1ccccc1)[C@H]1O[C@@](O)(CCCCCCO)C(Br)=CC1=O. The largest absolute Gasteiger partial charge is 0.447 e. The van der Waals surface area contributed by atoms with Gasteiger partial charge in [-0.2, -0.15) is 0 Å². The number of ketones is 1. The highest BCUT2D eigenvalue weighted by Gasteiger charge is 2.48. The number of amides is 2. The number of unbranched alkanes of at least 4 members (excludes halogenated alkanes) is 3. The molecule has 2 N–H and O–H groups in total. The van der Waals surface area contributed by atoms with Crippen LogP contribution in [-0.2, 0) is 25.5 Å². The molecule has 0 bridgehead atoms. The summed E-state index contributed by atoms with van der Waals surface area (Å²) in [6.45, 7) is 1.71. The van der Waals surface area contributed by atoms with Crippen LogP contribution in [0.2, 0.25) is 0 Å². The zero-order valence-corrected chi connectivity index (χ0v) is 20.2. The minimum atomic E-state index is -1.73. The molecule has 1 fully saturated rings. The monoisotopic (exact) mass is 523 g/mol. The number of carbonyl (C=O) groups excluding carboxylic acids is 3.